The molecule has 2 aromatic carbocycles. The normalized spacial score (nSPS) is 11.4. The molecule has 7 nitrogen and oxygen atoms in total. The number of esters is 1. The van der Waals surface area contributed by atoms with Crippen molar-refractivity contribution in [2.75, 3.05) is 7.11 Å². The van der Waals surface area contributed by atoms with E-state index in [1.54, 1.807) is 47.8 Å². The first kappa shape index (κ1) is 21.0. The van der Waals surface area contributed by atoms with Crippen molar-refractivity contribution in [3.8, 4) is 11.5 Å². The molecule has 0 amide bonds. The van der Waals surface area contributed by atoms with Gasteiger partial charge in [0.2, 0.25) is 0 Å². The molecule has 0 spiro atoms. The summed E-state index contributed by atoms with van der Waals surface area (Å²) in [6, 6.07) is 14.3. The van der Waals surface area contributed by atoms with Crippen molar-refractivity contribution in [3.63, 3.8) is 0 Å². The first-order chi connectivity index (χ1) is 13.9. The van der Waals surface area contributed by atoms with Crippen LogP contribution in [0.1, 0.15) is 15.2 Å². The summed E-state index contributed by atoms with van der Waals surface area (Å²) in [5.41, 5.74) is 0.552. The van der Waals surface area contributed by atoms with Gasteiger partial charge >= 0.3 is 5.97 Å². The molecule has 0 saturated heterocycles. The summed E-state index contributed by atoms with van der Waals surface area (Å²) in [5, 5.41) is 5.56. The molecule has 0 aliphatic heterocycles. The second-order valence-corrected chi connectivity index (χ2v) is 9.11. The van der Waals surface area contributed by atoms with Crippen LogP contribution in [0.5, 0.6) is 11.5 Å². The second-order valence-electron chi connectivity index (χ2n) is 5.58. The number of benzene rings is 2. The molecule has 1 heterocycles. The monoisotopic (exact) mass is 494 g/mol. The number of thiophene rings is 1. The van der Waals surface area contributed by atoms with E-state index in [1.165, 1.54) is 36.8 Å². The fourth-order valence-electron chi connectivity index (χ4n) is 2.23. The van der Waals surface area contributed by atoms with Gasteiger partial charge in [-0.1, -0.05) is 22.0 Å². The first-order valence-corrected chi connectivity index (χ1v) is 11.3. The number of halogens is 1. The van der Waals surface area contributed by atoms with Crippen LogP contribution >= 0.6 is 27.3 Å². The highest BCUT2D eigenvalue weighted by molar-refractivity contribution is 9.10. The summed E-state index contributed by atoms with van der Waals surface area (Å²) in [7, 11) is -2.34. The Balaban J connectivity index is 1.71. The zero-order valence-corrected chi connectivity index (χ0v) is 18.3. The molecule has 0 aliphatic rings. The number of rotatable bonds is 7. The Morgan fingerprint density at radius 3 is 2.55 bits per heavy atom. The molecule has 0 saturated carbocycles. The van der Waals surface area contributed by atoms with Crippen molar-refractivity contribution in [1.29, 1.82) is 0 Å². The van der Waals surface area contributed by atoms with Gasteiger partial charge in [0.25, 0.3) is 10.0 Å². The molecule has 29 heavy (non-hydrogen) atoms. The number of hydrazone groups is 1. The number of nitrogens with one attached hydrogen (secondary N) is 1. The molecule has 0 atom stereocenters. The van der Waals surface area contributed by atoms with E-state index >= 15 is 0 Å². The number of carbonyl (C=O) groups is 1. The lowest BCUT2D eigenvalue weighted by Gasteiger charge is -2.09. The van der Waals surface area contributed by atoms with E-state index in [0.29, 0.717) is 16.2 Å². The van der Waals surface area contributed by atoms with E-state index < -0.39 is 16.0 Å². The highest BCUT2D eigenvalue weighted by Crippen LogP contribution is 2.29. The average Bonchev–Trinajstić information content (AvgIpc) is 3.24. The van der Waals surface area contributed by atoms with Crippen LogP contribution in [0.25, 0.3) is 0 Å². The largest absolute Gasteiger partial charge is 0.493 e. The highest BCUT2D eigenvalue weighted by atomic mass is 79.9. The molecule has 3 aromatic rings. The van der Waals surface area contributed by atoms with Crippen molar-refractivity contribution < 1.29 is 22.7 Å². The van der Waals surface area contributed by atoms with Gasteiger partial charge in [0.15, 0.2) is 11.5 Å². The van der Waals surface area contributed by atoms with Crippen molar-refractivity contribution in [2.24, 2.45) is 5.10 Å². The minimum absolute atomic E-state index is 0.0891. The van der Waals surface area contributed by atoms with Gasteiger partial charge < -0.3 is 9.47 Å². The fourth-order valence-corrected chi connectivity index (χ4v) is 3.88. The minimum Gasteiger partial charge on any atom is -0.493 e. The molecule has 0 bridgehead atoms. The van der Waals surface area contributed by atoms with Crippen LogP contribution in [0.3, 0.4) is 0 Å². The number of hydrogen-bond acceptors (Lipinski definition) is 7. The van der Waals surface area contributed by atoms with Gasteiger partial charge in [0.1, 0.15) is 4.88 Å². The Morgan fingerprint density at radius 2 is 1.90 bits per heavy atom. The van der Waals surface area contributed by atoms with Gasteiger partial charge in [0.05, 0.1) is 18.2 Å². The maximum atomic E-state index is 12.2. The number of hydrogen-bond donors (Lipinski definition) is 1. The van der Waals surface area contributed by atoms with E-state index in [1.807, 2.05) is 0 Å². The molecule has 0 fully saturated rings. The Hall–Kier alpha value is -2.69. The van der Waals surface area contributed by atoms with Crippen LogP contribution in [0.15, 0.2) is 74.4 Å². The van der Waals surface area contributed by atoms with Crippen molar-refractivity contribution in [3.05, 3.63) is 74.9 Å². The summed E-state index contributed by atoms with van der Waals surface area (Å²) in [4.78, 5) is 14.8. The number of carbonyl (C=O) groups excluding carboxylic acids is 1. The summed E-state index contributed by atoms with van der Waals surface area (Å²) in [6.45, 7) is 0. The van der Waals surface area contributed by atoms with Gasteiger partial charge in [-0.05, 0) is 59.5 Å². The van der Waals surface area contributed by atoms with E-state index in [4.69, 9.17) is 9.47 Å². The van der Waals surface area contributed by atoms with Crippen molar-refractivity contribution in [1.82, 2.24) is 4.83 Å². The third-order valence-electron chi connectivity index (χ3n) is 3.62. The van der Waals surface area contributed by atoms with Crippen LogP contribution in [0.2, 0.25) is 0 Å². The number of methoxy groups -OCH3 is 1. The predicted molar refractivity (Wildman–Crippen MR) is 114 cm³/mol. The van der Waals surface area contributed by atoms with Crippen LogP contribution in [0.4, 0.5) is 0 Å². The number of sulfonamides is 1. The van der Waals surface area contributed by atoms with Gasteiger partial charge in [-0.25, -0.2) is 9.63 Å². The summed E-state index contributed by atoms with van der Waals surface area (Å²) >= 11 is 4.53. The van der Waals surface area contributed by atoms with E-state index in [-0.39, 0.29) is 10.6 Å². The first-order valence-electron chi connectivity index (χ1n) is 8.13. The van der Waals surface area contributed by atoms with Gasteiger partial charge in [-0.3, -0.25) is 0 Å². The lowest BCUT2D eigenvalue weighted by atomic mass is 10.2. The Labute approximate surface area is 180 Å². The second kappa shape index (κ2) is 9.21. The summed E-state index contributed by atoms with van der Waals surface area (Å²) in [5.74, 6) is 0.0788. The Kier molecular flexibility index (Phi) is 6.68. The number of nitrogens with zero attached hydrogens (tertiary/aromatic N) is 1. The molecule has 0 unspecified atom stereocenters. The zero-order chi connectivity index (χ0) is 20.9. The highest BCUT2D eigenvalue weighted by Gasteiger charge is 2.14. The standard InChI is InChI=1S/C19H15BrN2O5S2/c1-26-17-11-13(4-9-16(17)27-19(23)18-3-2-10-28-18)12-21-22-29(24,25)15-7-5-14(20)6-8-15/h2-12,22H,1H3/b21-12-. The van der Waals surface area contributed by atoms with Crippen molar-refractivity contribution in [2.45, 2.75) is 4.90 Å². The van der Waals surface area contributed by atoms with Gasteiger partial charge in [0, 0.05) is 4.47 Å². The van der Waals surface area contributed by atoms with Crippen LogP contribution < -0.4 is 14.3 Å². The molecule has 0 radical (unpaired) electrons. The maximum Gasteiger partial charge on any atom is 0.353 e. The molecule has 3 rings (SSSR count). The SMILES string of the molecule is COc1cc(/C=N\NS(=O)(=O)c2ccc(Br)cc2)ccc1OC(=O)c1cccs1. The summed E-state index contributed by atoms with van der Waals surface area (Å²) in [6.07, 6.45) is 1.32. The average molecular weight is 495 g/mol. The lowest BCUT2D eigenvalue weighted by Crippen LogP contribution is -2.18. The maximum absolute atomic E-state index is 12.2. The zero-order valence-electron chi connectivity index (χ0n) is 15.0. The number of ether oxygens (including phenoxy) is 2. The van der Waals surface area contributed by atoms with E-state index in [2.05, 4.69) is 25.9 Å². The lowest BCUT2D eigenvalue weighted by molar-refractivity contribution is 0.0735. The smallest absolute Gasteiger partial charge is 0.353 e. The quantitative estimate of drug-likeness (QED) is 0.231. The van der Waals surface area contributed by atoms with Crippen LogP contribution in [-0.2, 0) is 10.0 Å². The third-order valence-corrected chi connectivity index (χ3v) is 6.24. The van der Waals surface area contributed by atoms with Crippen LogP contribution in [-0.4, -0.2) is 27.7 Å². The topological polar surface area (TPSA) is 94.1 Å². The van der Waals surface area contributed by atoms with E-state index in [0.717, 1.165) is 4.47 Å². The Bertz CT molecular complexity index is 1130. The summed E-state index contributed by atoms with van der Waals surface area (Å²) < 4.78 is 35.8. The van der Waals surface area contributed by atoms with E-state index in [9.17, 15) is 13.2 Å². The van der Waals surface area contributed by atoms with Gasteiger partial charge in [-0.2, -0.15) is 13.5 Å². The predicted octanol–water partition coefficient (Wildman–Crippen LogP) is 4.05. The third kappa shape index (κ3) is 5.43. The minimum atomic E-state index is -3.78. The fraction of sp³-hybridized carbons (Fsp3) is 0.0526. The molecular weight excluding hydrogens is 480 g/mol. The molecule has 10 heteroatoms. The molecule has 1 aromatic heterocycles. The van der Waals surface area contributed by atoms with Crippen LogP contribution in [0, 0.1) is 0 Å². The van der Waals surface area contributed by atoms with Crippen molar-refractivity contribution >= 4 is 49.5 Å². The molecule has 150 valence electrons. The Morgan fingerprint density at radius 1 is 1.14 bits per heavy atom. The molecule has 1 N–H and O–H groups in total. The molecule has 0 aliphatic carbocycles. The van der Waals surface area contributed by atoms with Gasteiger partial charge in [-0.15, -0.1) is 11.3 Å². The molecular formula is C19H15BrN2O5S2.